The van der Waals surface area contributed by atoms with E-state index in [0.717, 1.165) is 43.4 Å². The van der Waals surface area contributed by atoms with Crippen LogP contribution in [0.3, 0.4) is 0 Å². The third kappa shape index (κ3) is 3.72. The number of nitrogens with zero attached hydrogens (tertiary/aromatic N) is 1. The topological polar surface area (TPSA) is 78.5 Å². The molecule has 0 bridgehead atoms. The highest BCUT2D eigenvalue weighted by Gasteiger charge is 2.27. The zero-order chi connectivity index (χ0) is 17.3. The van der Waals surface area contributed by atoms with Crippen molar-refractivity contribution in [2.75, 3.05) is 16.2 Å². The van der Waals surface area contributed by atoms with Crippen molar-refractivity contribution < 1.29 is 13.2 Å². The standard InChI is InChI=1S/C17H25N3O3S/c1-12(2)17(21)20-10-9-13-11-15(7-8-16(13)20)19-24(22,23)18-14-5-3-4-6-14/h7-8,11-12,14,18-19H,3-6,9-10H2,1-2H3. The van der Waals surface area contributed by atoms with E-state index in [1.54, 1.807) is 11.0 Å². The molecule has 1 fully saturated rings. The second kappa shape index (κ2) is 6.72. The van der Waals surface area contributed by atoms with E-state index in [2.05, 4.69) is 9.44 Å². The second-order valence-electron chi connectivity index (χ2n) is 6.94. The van der Waals surface area contributed by atoms with Crippen LogP contribution in [0.25, 0.3) is 0 Å². The molecule has 6 nitrogen and oxygen atoms in total. The predicted molar refractivity (Wildman–Crippen MR) is 95.3 cm³/mol. The molecule has 1 aromatic rings. The fourth-order valence-corrected chi connectivity index (χ4v) is 4.62. The molecule has 0 unspecified atom stereocenters. The van der Waals surface area contributed by atoms with Crippen molar-refractivity contribution in [1.82, 2.24) is 4.72 Å². The molecule has 1 saturated carbocycles. The minimum atomic E-state index is -3.56. The molecule has 1 aromatic carbocycles. The largest absolute Gasteiger partial charge is 0.312 e. The predicted octanol–water partition coefficient (Wildman–Crippen LogP) is 2.42. The molecule has 24 heavy (non-hydrogen) atoms. The minimum absolute atomic E-state index is 0.0380. The summed E-state index contributed by atoms with van der Waals surface area (Å²) in [6.45, 7) is 4.43. The van der Waals surface area contributed by atoms with Crippen molar-refractivity contribution in [1.29, 1.82) is 0 Å². The minimum Gasteiger partial charge on any atom is -0.312 e. The molecule has 0 radical (unpaired) electrons. The van der Waals surface area contributed by atoms with Crippen LogP contribution >= 0.6 is 0 Å². The molecule has 0 saturated heterocycles. The first kappa shape index (κ1) is 17.2. The van der Waals surface area contributed by atoms with Gasteiger partial charge >= 0.3 is 0 Å². The van der Waals surface area contributed by atoms with Gasteiger partial charge in [-0.2, -0.15) is 13.1 Å². The summed E-state index contributed by atoms with van der Waals surface area (Å²) in [7, 11) is -3.56. The van der Waals surface area contributed by atoms with Gasteiger partial charge in [0.1, 0.15) is 0 Å². The van der Waals surface area contributed by atoms with Crippen LogP contribution in [-0.2, 0) is 21.4 Å². The molecule has 1 aliphatic heterocycles. The quantitative estimate of drug-likeness (QED) is 0.855. The van der Waals surface area contributed by atoms with Crippen LogP contribution in [0.5, 0.6) is 0 Å². The number of carbonyl (C=O) groups is 1. The smallest absolute Gasteiger partial charge is 0.299 e. The fraction of sp³-hybridized carbons (Fsp3) is 0.588. The van der Waals surface area contributed by atoms with Crippen LogP contribution in [0.4, 0.5) is 11.4 Å². The molecule has 132 valence electrons. The SMILES string of the molecule is CC(C)C(=O)N1CCc2cc(NS(=O)(=O)NC3CCCC3)ccc21. The first-order valence-electron chi connectivity index (χ1n) is 8.60. The van der Waals surface area contributed by atoms with Gasteiger partial charge in [-0.15, -0.1) is 0 Å². The zero-order valence-electron chi connectivity index (χ0n) is 14.2. The Morgan fingerprint density at radius 2 is 1.96 bits per heavy atom. The maximum absolute atomic E-state index is 12.2. The van der Waals surface area contributed by atoms with Crippen LogP contribution in [0, 0.1) is 5.92 Å². The molecule has 0 spiro atoms. The van der Waals surface area contributed by atoms with Gasteiger partial charge in [-0.25, -0.2) is 0 Å². The summed E-state index contributed by atoms with van der Waals surface area (Å²) in [5.41, 5.74) is 2.43. The Morgan fingerprint density at radius 1 is 1.25 bits per heavy atom. The summed E-state index contributed by atoms with van der Waals surface area (Å²) >= 11 is 0. The van der Waals surface area contributed by atoms with Gasteiger partial charge in [-0.1, -0.05) is 26.7 Å². The second-order valence-corrected chi connectivity index (χ2v) is 8.39. The van der Waals surface area contributed by atoms with Crippen LogP contribution in [0.2, 0.25) is 0 Å². The number of nitrogens with one attached hydrogen (secondary N) is 2. The van der Waals surface area contributed by atoms with Crippen LogP contribution in [0.15, 0.2) is 18.2 Å². The number of carbonyl (C=O) groups excluding carboxylic acids is 1. The van der Waals surface area contributed by atoms with Crippen molar-refractivity contribution in [2.45, 2.75) is 52.0 Å². The highest BCUT2D eigenvalue weighted by Crippen LogP contribution is 2.31. The van der Waals surface area contributed by atoms with Crippen LogP contribution in [0.1, 0.15) is 45.1 Å². The fourth-order valence-electron chi connectivity index (χ4n) is 3.45. The van der Waals surface area contributed by atoms with Crippen molar-refractivity contribution in [3.8, 4) is 0 Å². The normalized spacial score (nSPS) is 18.2. The van der Waals surface area contributed by atoms with Crippen molar-refractivity contribution in [3.63, 3.8) is 0 Å². The summed E-state index contributed by atoms with van der Waals surface area (Å²) in [6.07, 6.45) is 4.70. The van der Waals surface area contributed by atoms with E-state index in [-0.39, 0.29) is 17.9 Å². The maximum Gasteiger partial charge on any atom is 0.299 e. The number of benzene rings is 1. The van der Waals surface area contributed by atoms with Gasteiger partial charge in [-0.05, 0) is 43.0 Å². The number of anilines is 2. The Kier molecular flexibility index (Phi) is 4.83. The monoisotopic (exact) mass is 351 g/mol. The van der Waals surface area contributed by atoms with Crippen LogP contribution < -0.4 is 14.3 Å². The molecule has 2 N–H and O–H groups in total. The Hall–Kier alpha value is -1.60. The average Bonchev–Trinajstić information content (AvgIpc) is 3.14. The molecule has 0 aromatic heterocycles. The lowest BCUT2D eigenvalue weighted by Crippen LogP contribution is -2.37. The van der Waals surface area contributed by atoms with Gasteiger partial charge in [0, 0.05) is 24.2 Å². The zero-order valence-corrected chi connectivity index (χ0v) is 15.0. The third-order valence-corrected chi connectivity index (χ3v) is 5.81. The van der Waals surface area contributed by atoms with Crippen molar-refractivity contribution >= 4 is 27.5 Å². The summed E-state index contributed by atoms with van der Waals surface area (Å²) in [4.78, 5) is 14.0. The van der Waals surface area contributed by atoms with E-state index in [1.165, 1.54) is 0 Å². The highest BCUT2D eigenvalue weighted by molar-refractivity contribution is 7.90. The van der Waals surface area contributed by atoms with Gasteiger partial charge in [0.25, 0.3) is 10.2 Å². The summed E-state index contributed by atoms with van der Waals surface area (Å²) in [5, 5.41) is 0. The Balaban J connectivity index is 1.72. The maximum atomic E-state index is 12.2. The Morgan fingerprint density at radius 3 is 2.62 bits per heavy atom. The van der Waals surface area contributed by atoms with E-state index in [1.807, 2.05) is 26.0 Å². The van der Waals surface area contributed by atoms with E-state index < -0.39 is 10.2 Å². The summed E-state index contributed by atoms with van der Waals surface area (Å²) in [5.74, 6) is 0.0507. The van der Waals surface area contributed by atoms with Gasteiger partial charge in [0.2, 0.25) is 5.91 Å². The van der Waals surface area contributed by atoms with Gasteiger partial charge in [0.15, 0.2) is 0 Å². The lowest BCUT2D eigenvalue weighted by molar-refractivity contribution is -0.121. The number of rotatable bonds is 5. The first-order chi connectivity index (χ1) is 11.4. The number of hydrogen-bond acceptors (Lipinski definition) is 3. The molecule has 3 rings (SSSR count). The van der Waals surface area contributed by atoms with Crippen molar-refractivity contribution in [2.24, 2.45) is 5.92 Å². The molecule has 1 aliphatic carbocycles. The number of hydrogen-bond donors (Lipinski definition) is 2. The number of amides is 1. The highest BCUT2D eigenvalue weighted by atomic mass is 32.2. The molecular formula is C17H25N3O3S. The van der Waals surface area contributed by atoms with Crippen LogP contribution in [-0.4, -0.2) is 26.9 Å². The van der Waals surface area contributed by atoms with Crippen molar-refractivity contribution in [3.05, 3.63) is 23.8 Å². The summed E-state index contributed by atoms with van der Waals surface area (Å²) in [6, 6.07) is 5.42. The molecule has 7 heteroatoms. The summed E-state index contributed by atoms with van der Waals surface area (Å²) < 4.78 is 29.8. The molecule has 1 amide bonds. The van der Waals surface area contributed by atoms with E-state index in [4.69, 9.17) is 0 Å². The Bertz CT molecular complexity index is 725. The van der Waals surface area contributed by atoms with Gasteiger partial charge < -0.3 is 4.90 Å². The number of fused-ring (bicyclic) bond motifs is 1. The lowest BCUT2D eigenvalue weighted by Gasteiger charge is -2.20. The van der Waals surface area contributed by atoms with Gasteiger partial charge in [0.05, 0.1) is 5.69 Å². The first-order valence-corrected chi connectivity index (χ1v) is 10.1. The Labute approximate surface area is 143 Å². The van der Waals surface area contributed by atoms with E-state index in [0.29, 0.717) is 12.2 Å². The molecule has 0 atom stereocenters. The van der Waals surface area contributed by atoms with E-state index >= 15 is 0 Å². The molecule has 2 aliphatic rings. The lowest BCUT2D eigenvalue weighted by atomic mass is 10.1. The third-order valence-electron chi connectivity index (χ3n) is 4.66. The molecular weight excluding hydrogens is 326 g/mol. The van der Waals surface area contributed by atoms with Gasteiger partial charge in [-0.3, -0.25) is 9.52 Å². The molecule has 1 heterocycles. The average molecular weight is 351 g/mol. The van der Waals surface area contributed by atoms with E-state index in [9.17, 15) is 13.2 Å².